The van der Waals surface area contributed by atoms with Gasteiger partial charge in [-0.2, -0.15) is 0 Å². The molecule has 1 heterocycles. The van der Waals surface area contributed by atoms with Crippen molar-refractivity contribution in [2.75, 3.05) is 20.2 Å². The maximum atomic E-state index is 13.6. The lowest BCUT2D eigenvalue weighted by molar-refractivity contribution is 0.114. The number of benzene rings is 1. The number of rotatable bonds is 4. The summed E-state index contributed by atoms with van der Waals surface area (Å²) in [4.78, 5) is 4.12. The Bertz CT molecular complexity index is 475. The van der Waals surface area contributed by atoms with E-state index in [2.05, 4.69) is 31.6 Å². The third-order valence-corrected chi connectivity index (χ3v) is 3.69. The molecule has 0 aliphatic carbocycles. The molecular formula is C14H19BrFN3O. The van der Waals surface area contributed by atoms with Crippen LogP contribution in [-0.4, -0.2) is 32.3 Å². The quantitative estimate of drug-likeness (QED) is 0.652. The van der Waals surface area contributed by atoms with Gasteiger partial charge in [-0.25, -0.2) is 4.39 Å². The molecule has 0 spiro atoms. The van der Waals surface area contributed by atoms with Crippen LogP contribution < -0.4 is 10.6 Å². The molecule has 110 valence electrons. The summed E-state index contributed by atoms with van der Waals surface area (Å²) >= 11 is 3.34. The van der Waals surface area contributed by atoms with Crippen LogP contribution in [0.25, 0.3) is 0 Å². The van der Waals surface area contributed by atoms with Gasteiger partial charge in [0.25, 0.3) is 0 Å². The largest absolute Gasteiger partial charge is 0.376 e. The van der Waals surface area contributed by atoms with Crippen molar-refractivity contribution in [2.24, 2.45) is 4.99 Å². The van der Waals surface area contributed by atoms with Gasteiger partial charge < -0.3 is 15.4 Å². The van der Waals surface area contributed by atoms with Gasteiger partial charge in [0.05, 0.1) is 6.10 Å². The van der Waals surface area contributed by atoms with E-state index in [0.717, 1.165) is 30.5 Å². The van der Waals surface area contributed by atoms with Crippen LogP contribution in [-0.2, 0) is 11.3 Å². The average molecular weight is 344 g/mol. The Labute approximate surface area is 126 Å². The molecule has 1 aromatic rings. The summed E-state index contributed by atoms with van der Waals surface area (Å²) in [5.74, 6) is 0.426. The Morgan fingerprint density at radius 3 is 3.05 bits per heavy atom. The second kappa shape index (κ2) is 7.59. The third kappa shape index (κ3) is 4.45. The monoisotopic (exact) mass is 343 g/mol. The molecule has 0 bridgehead atoms. The Morgan fingerprint density at radius 2 is 2.35 bits per heavy atom. The number of hydrogen-bond donors (Lipinski definition) is 2. The van der Waals surface area contributed by atoms with Crippen molar-refractivity contribution in [1.82, 2.24) is 10.6 Å². The van der Waals surface area contributed by atoms with E-state index >= 15 is 0 Å². The molecule has 0 aromatic heterocycles. The van der Waals surface area contributed by atoms with Crippen molar-refractivity contribution in [1.29, 1.82) is 0 Å². The molecule has 0 radical (unpaired) electrons. The highest BCUT2D eigenvalue weighted by molar-refractivity contribution is 9.10. The maximum Gasteiger partial charge on any atom is 0.191 e. The molecule has 6 heteroatoms. The third-order valence-electron chi connectivity index (χ3n) is 3.20. The standard InChI is InChI=1S/C14H19BrFN3O/c1-17-14(19-9-12-3-2-6-20-12)18-8-10-7-11(15)4-5-13(10)16/h4-5,7,12H,2-3,6,8-9H2,1H3,(H2,17,18,19). The molecule has 1 aliphatic heterocycles. The van der Waals surface area contributed by atoms with Crippen molar-refractivity contribution in [2.45, 2.75) is 25.5 Å². The van der Waals surface area contributed by atoms with Gasteiger partial charge in [-0.1, -0.05) is 15.9 Å². The number of ether oxygens (including phenoxy) is 1. The van der Waals surface area contributed by atoms with E-state index in [9.17, 15) is 4.39 Å². The van der Waals surface area contributed by atoms with Crippen molar-refractivity contribution in [3.63, 3.8) is 0 Å². The molecule has 1 saturated heterocycles. The minimum absolute atomic E-state index is 0.227. The van der Waals surface area contributed by atoms with E-state index in [1.54, 1.807) is 19.2 Å². The predicted octanol–water partition coefficient (Wildman–Crippen LogP) is 2.43. The fourth-order valence-corrected chi connectivity index (χ4v) is 2.50. The van der Waals surface area contributed by atoms with Crippen LogP contribution in [0.5, 0.6) is 0 Å². The van der Waals surface area contributed by atoms with E-state index in [0.29, 0.717) is 18.1 Å². The van der Waals surface area contributed by atoms with Crippen molar-refractivity contribution < 1.29 is 9.13 Å². The fourth-order valence-electron chi connectivity index (χ4n) is 2.09. The van der Waals surface area contributed by atoms with Gasteiger partial charge in [0, 0.05) is 36.8 Å². The van der Waals surface area contributed by atoms with Crippen molar-refractivity contribution >= 4 is 21.9 Å². The van der Waals surface area contributed by atoms with E-state index in [4.69, 9.17) is 4.74 Å². The molecule has 1 aliphatic rings. The summed E-state index contributed by atoms with van der Waals surface area (Å²) in [7, 11) is 1.70. The number of guanidine groups is 1. The zero-order valence-electron chi connectivity index (χ0n) is 11.5. The number of hydrogen-bond acceptors (Lipinski definition) is 2. The normalized spacial score (nSPS) is 19.1. The molecule has 0 saturated carbocycles. The van der Waals surface area contributed by atoms with Crippen LogP contribution in [0.1, 0.15) is 18.4 Å². The van der Waals surface area contributed by atoms with Crippen LogP contribution in [0.15, 0.2) is 27.7 Å². The van der Waals surface area contributed by atoms with E-state index in [-0.39, 0.29) is 11.9 Å². The fraction of sp³-hybridized carbons (Fsp3) is 0.500. The molecule has 0 amide bonds. The van der Waals surface area contributed by atoms with E-state index in [1.807, 2.05) is 0 Å². The van der Waals surface area contributed by atoms with Crippen LogP contribution in [0.4, 0.5) is 4.39 Å². The Balaban J connectivity index is 1.82. The summed E-state index contributed by atoms with van der Waals surface area (Å²) < 4.78 is 20.0. The molecule has 1 atom stereocenters. The average Bonchev–Trinajstić information content (AvgIpc) is 2.96. The Hall–Kier alpha value is -1.14. The van der Waals surface area contributed by atoms with Crippen LogP contribution in [0.2, 0.25) is 0 Å². The number of nitrogens with zero attached hydrogens (tertiary/aromatic N) is 1. The minimum Gasteiger partial charge on any atom is -0.376 e. The van der Waals surface area contributed by atoms with Gasteiger partial charge in [-0.3, -0.25) is 4.99 Å². The molecular weight excluding hydrogens is 325 g/mol. The topological polar surface area (TPSA) is 45.7 Å². The summed E-state index contributed by atoms with van der Waals surface area (Å²) in [6, 6.07) is 4.89. The number of nitrogens with one attached hydrogen (secondary N) is 2. The molecule has 1 fully saturated rings. The van der Waals surface area contributed by atoms with Gasteiger partial charge in [-0.15, -0.1) is 0 Å². The highest BCUT2D eigenvalue weighted by atomic mass is 79.9. The number of halogens is 2. The summed E-state index contributed by atoms with van der Waals surface area (Å²) in [6.07, 6.45) is 2.43. The van der Waals surface area contributed by atoms with Crippen LogP contribution in [0.3, 0.4) is 0 Å². The molecule has 20 heavy (non-hydrogen) atoms. The Kier molecular flexibility index (Phi) is 5.79. The smallest absolute Gasteiger partial charge is 0.191 e. The first-order valence-corrected chi connectivity index (χ1v) is 7.48. The molecule has 2 N–H and O–H groups in total. The van der Waals surface area contributed by atoms with E-state index < -0.39 is 0 Å². The lowest BCUT2D eigenvalue weighted by atomic mass is 10.2. The first-order valence-electron chi connectivity index (χ1n) is 6.69. The second-order valence-corrected chi connectivity index (χ2v) is 5.59. The van der Waals surface area contributed by atoms with Gasteiger partial charge in [-0.05, 0) is 31.0 Å². The van der Waals surface area contributed by atoms with Gasteiger partial charge >= 0.3 is 0 Å². The molecule has 1 aromatic carbocycles. The molecule has 2 rings (SSSR count). The lowest BCUT2D eigenvalue weighted by Gasteiger charge is -2.15. The summed E-state index contributed by atoms with van der Waals surface area (Å²) in [5.41, 5.74) is 0.597. The van der Waals surface area contributed by atoms with Gasteiger partial charge in [0.2, 0.25) is 0 Å². The Morgan fingerprint density at radius 1 is 1.50 bits per heavy atom. The zero-order chi connectivity index (χ0) is 14.4. The first-order chi connectivity index (χ1) is 9.69. The molecule has 4 nitrogen and oxygen atoms in total. The van der Waals surface area contributed by atoms with Crippen LogP contribution in [0, 0.1) is 5.82 Å². The second-order valence-electron chi connectivity index (χ2n) is 4.68. The summed E-state index contributed by atoms with van der Waals surface area (Å²) in [6.45, 7) is 1.94. The SMILES string of the molecule is CN=C(NCc1cc(Br)ccc1F)NCC1CCCO1. The lowest BCUT2D eigenvalue weighted by Crippen LogP contribution is -2.40. The molecule has 1 unspecified atom stereocenters. The first kappa shape index (κ1) is 15.3. The van der Waals surface area contributed by atoms with Crippen LogP contribution >= 0.6 is 15.9 Å². The number of aliphatic imine (C=N–C) groups is 1. The van der Waals surface area contributed by atoms with Gasteiger partial charge in [0.1, 0.15) is 5.82 Å². The minimum atomic E-state index is -0.227. The van der Waals surface area contributed by atoms with Gasteiger partial charge in [0.15, 0.2) is 5.96 Å². The summed E-state index contributed by atoms with van der Waals surface area (Å²) in [5, 5.41) is 6.30. The van der Waals surface area contributed by atoms with Crippen molar-refractivity contribution in [3.8, 4) is 0 Å². The van der Waals surface area contributed by atoms with Crippen molar-refractivity contribution in [3.05, 3.63) is 34.1 Å². The zero-order valence-corrected chi connectivity index (χ0v) is 13.0. The highest BCUT2D eigenvalue weighted by Crippen LogP contribution is 2.15. The predicted molar refractivity (Wildman–Crippen MR) is 81.3 cm³/mol. The highest BCUT2D eigenvalue weighted by Gasteiger charge is 2.15. The maximum absolute atomic E-state index is 13.6. The van der Waals surface area contributed by atoms with E-state index in [1.165, 1.54) is 6.07 Å².